The molecule has 0 radical (unpaired) electrons. The van der Waals surface area contributed by atoms with Crippen LogP contribution in [0.5, 0.6) is 5.75 Å². The summed E-state index contributed by atoms with van der Waals surface area (Å²) >= 11 is 6.07. The number of halogens is 1. The van der Waals surface area contributed by atoms with Gasteiger partial charge in [-0.1, -0.05) is 23.7 Å². The van der Waals surface area contributed by atoms with Crippen molar-refractivity contribution in [2.24, 2.45) is 0 Å². The van der Waals surface area contributed by atoms with Crippen molar-refractivity contribution in [3.05, 3.63) is 70.3 Å². The van der Waals surface area contributed by atoms with E-state index in [4.69, 9.17) is 21.1 Å². The van der Waals surface area contributed by atoms with Gasteiger partial charge in [0.25, 0.3) is 11.7 Å². The summed E-state index contributed by atoms with van der Waals surface area (Å²) in [5.41, 5.74) is 1.25. The molecule has 1 atom stereocenters. The number of likely N-dealkylation sites (tertiary alicyclic amines) is 1. The zero-order valence-corrected chi connectivity index (χ0v) is 19.3. The monoisotopic (exact) mass is 470 g/mol. The number of benzene rings is 2. The Hall–Kier alpha value is -2.87. The summed E-state index contributed by atoms with van der Waals surface area (Å²) in [4.78, 5) is 30.0. The number of carbonyl (C=O) groups excluding carboxylic acids is 2. The standard InChI is InChI=1S/C25H27ClN2O5/c1-32-20-9-5-18(6-10-20)23(29)21-22(17-3-7-19(26)8-4-17)28(25(31)24(21)30)12-2-11-27-13-15-33-16-14-27/h3-10,22,29H,2,11-16H2,1H3/b23-21+/t22-/m1/s1. The molecule has 7 nitrogen and oxygen atoms in total. The minimum Gasteiger partial charge on any atom is -0.507 e. The summed E-state index contributed by atoms with van der Waals surface area (Å²) in [5.74, 6) is -0.863. The second-order valence-corrected chi connectivity index (χ2v) is 8.52. The molecular weight excluding hydrogens is 444 g/mol. The Morgan fingerprint density at radius 2 is 1.73 bits per heavy atom. The minimum atomic E-state index is -0.686. The van der Waals surface area contributed by atoms with Gasteiger partial charge in [0.05, 0.1) is 31.9 Å². The topological polar surface area (TPSA) is 79.3 Å². The first-order chi connectivity index (χ1) is 16.0. The van der Waals surface area contributed by atoms with Crippen molar-refractivity contribution in [2.75, 3.05) is 46.5 Å². The maximum Gasteiger partial charge on any atom is 0.295 e. The Morgan fingerprint density at radius 1 is 1.06 bits per heavy atom. The molecule has 2 saturated heterocycles. The molecule has 0 aliphatic carbocycles. The van der Waals surface area contributed by atoms with Crippen molar-refractivity contribution in [2.45, 2.75) is 12.5 Å². The third-order valence-electron chi connectivity index (χ3n) is 6.07. The molecule has 0 aromatic heterocycles. The van der Waals surface area contributed by atoms with E-state index in [1.165, 1.54) is 0 Å². The molecular formula is C25H27ClN2O5. The highest BCUT2D eigenvalue weighted by Crippen LogP contribution is 2.39. The Balaban J connectivity index is 1.65. The van der Waals surface area contributed by atoms with Crippen LogP contribution in [-0.4, -0.2) is 73.1 Å². The molecule has 0 unspecified atom stereocenters. The second kappa shape index (κ2) is 10.4. The van der Waals surface area contributed by atoms with E-state index in [0.717, 1.165) is 25.2 Å². The van der Waals surface area contributed by atoms with Crippen molar-refractivity contribution >= 4 is 29.1 Å². The quantitative estimate of drug-likeness (QED) is 0.379. The first kappa shape index (κ1) is 23.3. The highest BCUT2D eigenvalue weighted by atomic mass is 35.5. The predicted molar refractivity (Wildman–Crippen MR) is 125 cm³/mol. The normalized spacial score (nSPS) is 20.9. The summed E-state index contributed by atoms with van der Waals surface area (Å²) in [7, 11) is 1.55. The number of amides is 1. The fourth-order valence-electron chi connectivity index (χ4n) is 4.30. The van der Waals surface area contributed by atoms with Crippen LogP contribution in [0.3, 0.4) is 0 Å². The number of morpholine rings is 1. The highest BCUT2D eigenvalue weighted by molar-refractivity contribution is 6.46. The maximum absolute atomic E-state index is 13.1. The average molecular weight is 471 g/mol. The van der Waals surface area contributed by atoms with Crippen molar-refractivity contribution < 1.29 is 24.2 Å². The van der Waals surface area contributed by atoms with Gasteiger partial charge < -0.3 is 19.5 Å². The van der Waals surface area contributed by atoms with E-state index in [-0.39, 0.29) is 11.3 Å². The van der Waals surface area contributed by atoms with E-state index in [2.05, 4.69) is 4.90 Å². The molecule has 1 N–H and O–H groups in total. The van der Waals surface area contributed by atoms with Crippen LogP contribution in [0.25, 0.3) is 5.76 Å². The molecule has 0 spiro atoms. The first-order valence-corrected chi connectivity index (χ1v) is 11.4. The number of hydrogen-bond acceptors (Lipinski definition) is 6. The lowest BCUT2D eigenvalue weighted by Gasteiger charge is -2.29. The molecule has 2 aliphatic rings. The van der Waals surface area contributed by atoms with Gasteiger partial charge in [-0.15, -0.1) is 0 Å². The minimum absolute atomic E-state index is 0.0823. The fourth-order valence-corrected chi connectivity index (χ4v) is 4.42. The first-order valence-electron chi connectivity index (χ1n) is 11.0. The van der Waals surface area contributed by atoms with Crippen LogP contribution in [0.15, 0.2) is 54.1 Å². The number of ether oxygens (including phenoxy) is 2. The van der Waals surface area contributed by atoms with Gasteiger partial charge in [0, 0.05) is 36.8 Å². The number of hydrogen-bond donors (Lipinski definition) is 1. The molecule has 4 rings (SSSR count). The number of ketones is 1. The Morgan fingerprint density at radius 3 is 2.36 bits per heavy atom. The Bertz CT molecular complexity index is 1030. The second-order valence-electron chi connectivity index (χ2n) is 8.08. The van der Waals surface area contributed by atoms with Crippen molar-refractivity contribution in [1.82, 2.24) is 9.80 Å². The summed E-state index contributed by atoms with van der Waals surface area (Å²) in [6.45, 7) is 4.33. The molecule has 0 bridgehead atoms. The number of Topliss-reactive ketones (excluding diaryl/α,β-unsaturated/α-hetero) is 1. The van der Waals surface area contributed by atoms with E-state index in [9.17, 15) is 14.7 Å². The van der Waals surface area contributed by atoms with E-state index in [0.29, 0.717) is 42.5 Å². The predicted octanol–water partition coefficient (Wildman–Crippen LogP) is 3.49. The zero-order chi connectivity index (χ0) is 23.4. The van der Waals surface area contributed by atoms with Crippen LogP contribution in [0.4, 0.5) is 0 Å². The number of aliphatic hydroxyl groups is 1. The third-order valence-corrected chi connectivity index (χ3v) is 6.32. The lowest BCUT2D eigenvalue weighted by Crippen LogP contribution is -2.38. The van der Waals surface area contributed by atoms with Crippen LogP contribution >= 0.6 is 11.6 Å². The van der Waals surface area contributed by atoms with E-state index < -0.39 is 17.7 Å². The highest BCUT2D eigenvalue weighted by Gasteiger charge is 2.45. The lowest BCUT2D eigenvalue weighted by molar-refractivity contribution is -0.140. The van der Waals surface area contributed by atoms with Gasteiger partial charge in [-0.05, 0) is 48.4 Å². The number of rotatable bonds is 7. The fraction of sp³-hybridized carbons (Fsp3) is 0.360. The van der Waals surface area contributed by atoms with Gasteiger partial charge in [-0.25, -0.2) is 0 Å². The number of nitrogens with zero attached hydrogens (tertiary/aromatic N) is 2. The van der Waals surface area contributed by atoms with Crippen LogP contribution in [0, 0.1) is 0 Å². The molecule has 174 valence electrons. The lowest BCUT2D eigenvalue weighted by atomic mass is 9.95. The summed E-state index contributed by atoms with van der Waals surface area (Å²) in [6.07, 6.45) is 0.708. The maximum atomic E-state index is 13.1. The van der Waals surface area contributed by atoms with Gasteiger partial charge in [0.1, 0.15) is 11.5 Å². The van der Waals surface area contributed by atoms with Gasteiger partial charge >= 0.3 is 0 Å². The van der Waals surface area contributed by atoms with Crippen LogP contribution in [-0.2, 0) is 14.3 Å². The average Bonchev–Trinajstić information content (AvgIpc) is 3.10. The van der Waals surface area contributed by atoms with Gasteiger partial charge in [-0.3, -0.25) is 14.5 Å². The molecule has 8 heteroatoms. The van der Waals surface area contributed by atoms with Gasteiger partial charge in [0.2, 0.25) is 0 Å². The smallest absolute Gasteiger partial charge is 0.295 e. The molecule has 2 aromatic rings. The van der Waals surface area contributed by atoms with Crippen LogP contribution in [0.2, 0.25) is 5.02 Å². The Kier molecular flexibility index (Phi) is 7.33. The van der Waals surface area contributed by atoms with Crippen LogP contribution < -0.4 is 4.74 Å². The van der Waals surface area contributed by atoms with Crippen molar-refractivity contribution in [1.29, 1.82) is 0 Å². The summed E-state index contributed by atoms with van der Waals surface area (Å²) < 4.78 is 10.6. The van der Waals surface area contributed by atoms with Crippen LogP contribution in [0.1, 0.15) is 23.6 Å². The van der Waals surface area contributed by atoms with Gasteiger partial charge in [0.15, 0.2) is 0 Å². The molecule has 33 heavy (non-hydrogen) atoms. The number of methoxy groups -OCH3 is 1. The van der Waals surface area contributed by atoms with E-state index in [1.54, 1.807) is 60.5 Å². The molecule has 0 saturated carbocycles. The Labute approximate surface area is 198 Å². The summed E-state index contributed by atoms with van der Waals surface area (Å²) in [5, 5.41) is 11.7. The molecule has 2 fully saturated rings. The molecule has 1 amide bonds. The van der Waals surface area contributed by atoms with E-state index in [1.807, 2.05) is 0 Å². The van der Waals surface area contributed by atoms with Crippen molar-refractivity contribution in [3.63, 3.8) is 0 Å². The van der Waals surface area contributed by atoms with E-state index >= 15 is 0 Å². The largest absolute Gasteiger partial charge is 0.507 e. The van der Waals surface area contributed by atoms with Crippen molar-refractivity contribution in [3.8, 4) is 5.75 Å². The number of carbonyl (C=O) groups is 2. The summed E-state index contributed by atoms with van der Waals surface area (Å²) in [6, 6.07) is 13.1. The third kappa shape index (κ3) is 5.05. The molecule has 2 aliphatic heterocycles. The number of aliphatic hydroxyl groups excluding tert-OH is 1. The van der Waals surface area contributed by atoms with Gasteiger partial charge in [-0.2, -0.15) is 0 Å². The molecule has 2 aromatic carbocycles. The SMILES string of the molecule is COc1ccc(/C(O)=C2\C(=O)C(=O)N(CCCN3CCOCC3)[C@@H]2c2ccc(Cl)cc2)cc1. The zero-order valence-electron chi connectivity index (χ0n) is 18.5. The molecule has 2 heterocycles.